The normalized spacial score (nSPS) is 14.9. The topological polar surface area (TPSA) is 38.8 Å². The van der Waals surface area contributed by atoms with Gasteiger partial charge in [-0.2, -0.15) is 0 Å². The van der Waals surface area contributed by atoms with Crippen LogP contribution in [0.1, 0.15) is 30.1 Å². The van der Waals surface area contributed by atoms with E-state index in [1.807, 2.05) is 36.4 Å². The molecule has 126 valence electrons. The van der Waals surface area contributed by atoms with E-state index in [1.165, 1.54) is 0 Å². The molecule has 0 amide bonds. The number of rotatable bonds is 6. The number of esters is 1. The number of carbonyl (C=O) groups excluding carboxylic acids is 1. The van der Waals surface area contributed by atoms with Gasteiger partial charge in [0.25, 0.3) is 0 Å². The summed E-state index contributed by atoms with van der Waals surface area (Å²) < 4.78 is 11.6. The molecular formula is C20H23NO3. The zero-order valence-electron chi connectivity index (χ0n) is 14.2. The highest BCUT2D eigenvalue weighted by Crippen LogP contribution is 2.32. The molecule has 24 heavy (non-hydrogen) atoms. The molecule has 4 nitrogen and oxygen atoms in total. The monoisotopic (exact) mass is 325 g/mol. The molecule has 0 radical (unpaired) electrons. The third kappa shape index (κ3) is 4.15. The summed E-state index contributed by atoms with van der Waals surface area (Å²) in [5.74, 6) is 1.19. The van der Waals surface area contributed by atoms with E-state index in [4.69, 9.17) is 9.47 Å². The molecule has 1 atom stereocenters. The average molecular weight is 325 g/mol. The minimum Gasteiger partial charge on any atom is -0.486 e. The van der Waals surface area contributed by atoms with Gasteiger partial charge in [0, 0.05) is 19.0 Å². The number of fused-ring (bicyclic) bond motifs is 1. The second-order valence-corrected chi connectivity index (χ2v) is 6.35. The number of nitrogens with zero attached hydrogens (tertiary/aromatic N) is 1. The minimum absolute atomic E-state index is 0.0362. The molecule has 0 aliphatic carbocycles. The molecule has 0 saturated heterocycles. The van der Waals surface area contributed by atoms with Gasteiger partial charge in [0.1, 0.15) is 17.6 Å². The summed E-state index contributed by atoms with van der Waals surface area (Å²) in [6.45, 7) is 0.930. The third-order valence-electron chi connectivity index (χ3n) is 4.15. The quantitative estimate of drug-likeness (QED) is 0.601. The Hall–Kier alpha value is -2.33. The number of carbonyl (C=O) groups is 1. The van der Waals surface area contributed by atoms with Crippen molar-refractivity contribution in [3.05, 3.63) is 59.7 Å². The van der Waals surface area contributed by atoms with Gasteiger partial charge in [0.15, 0.2) is 0 Å². The van der Waals surface area contributed by atoms with E-state index in [0.717, 1.165) is 36.3 Å². The molecule has 1 heterocycles. The number of benzene rings is 2. The van der Waals surface area contributed by atoms with Crippen LogP contribution >= 0.6 is 0 Å². The lowest BCUT2D eigenvalue weighted by atomic mass is 10.0. The van der Waals surface area contributed by atoms with Crippen LogP contribution in [0.2, 0.25) is 0 Å². The van der Waals surface area contributed by atoms with Crippen molar-refractivity contribution in [1.29, 1.82) is 0 Å². The van der Waals surface area contributed by atoms with Gasteiger partial charge < -0.3 is 14.4 Å². The van der Waals surface area contributed by atoms with E-state index < -0.39 is 0 Å². The predicted molar refractivity (Wildman–Crippen MR) is 93.4 cm³/mol. The van der Waals surface area contributed by atoms with Crippen molar-refractivity contribution < 1.29 is 14.3 Å². The van der Waals surface area contributed by atoms with Crippen LogP contribution in [0.3, 0.4) is 0 Å². The first-order chi connectivity index (χ1) is 11.6. The summed E-state index contributed by atoms with van der Waals surface area (Å²) >= 11 is 0. The lowest BCUT2D eigenvalue weighted by molar-refractivity contribution is -0.135. The van der Waals surface area contributed by atoms with E-state index in [9.17, 15) is 4.79 Å². The molecule has 0 fully saturated rings. The smallest absolute Gasteiger partial charge is 0.311 e. The van der Waals surface area contributed by atoms with E-state index in [1.54, 1.807) is 0 Å². The Bertz CT molecular complexity index is 697. The van der Waals surface area contributed by atoms with Crippen LogP contribution in [-0.2, 0) is 11.2 Å². The second kappa shape index (κ2) is 7.49. The van der Waals surface area contributed by atoms with Gasteiger partial charge in [-0.1, -0.05) is 36.4 Å². The van der Waals surface area contributed by atoms with E-state index >= 15 is 0 Å². The Morgan fingerprint density at radius 3 is 2.67 bits per heavy atom. The number of ether oxygens (including phenoxy) is 2. The van der Waals surface area contributed by atoms with Crippen molar-refractivity contribution in [1.82, 2.24) is 4.90 Å². The molecule has 0 bridgehead atoms. The molecule has 2 aromatic carbocycles. The van der Waals surface area contributed by atoms with Crippen molar-refractivity contribution >= 4 is 5.97 Å². The number of aryl methyl sites for hydroxylation is 1. The van der Waals surface area contributed by atoms with Crippen molar-refractivity contribution in [2.75, 3.05) is 20.6 Å². The molecule has 1 aliphatic heterocycles. The predicted octanol–water partition coefficient (Wildman–Crippen LogP) is 3.61. The average Bonchev–Trinajstić information content (AvgIpc) is 2.58. The number of hydrogen-bond acceptors (Lipinski definition) is 4. The standard InChI is InChI=1S/C20H23NO3/c1-21(2)13-12-18(15-6-4-3-5-7-15)23-17-10-8-16-9-11-20(22)24-19(16)14-17/h3-8,10,14,18H,9,11-13H2,1-2H3. The van der Waals surface area contributed by atoms with Gasteiger partial charge in [-0.05, 0) is 37.7 Å². The molecule has 1 unspecified atom stereocenters. The first-order valence-electron chi connectivity index (χ1n) is 8.32. The van der Waals surface area contributed by atoms with Crippen LogP contribution in [-0.4, -0.2) is 31.5 Å². The maximum atomic E-state index is 11.5. The molecule has 0 spiro atoms. The van der Waals surface area contributed by atoms with Crippen LogP contribution in [0.25, 0.3) is 0 Å². The Kier molecular flexibility index (Phi) is 5.16. The van der Waals surface area contributed by atoms with Crippen LogP contribution < -0.4 is 9.47 Å². The fourth-order valence-electron chi connectivity index (χ4n) is 2.82. The van der Waals surface area contributed by atoms with Gasteiger partial charge >= 0.3 is 5.97 Å². The Morgan fingerprint density at radius 2 is 1.92 bits per heavy atom. The van der Waals surface area contributed by atoms with Gasteiger partial charge in [-0.25, -0.2) is 0 Å². The van der Waals surface area contributed by atoms with Crippen molar-refractivity contribution in [2.45, 2.75) is 25.4 Å². The first-order valence-corrected chi connectivity index (χ1v) is 8.32. The van der Waals surface area contributed by atoms with Gasteiger partial charge in [-0.15, -0.1) is 0 Å². The molecule has 1 aliphatic rings. The van der Waals surface area contributed by atoms with Crippen LogP contribution in [0.4, 0.5) is 0 Å². The Balaban J connectivity index is 1.79. The van der Waals surface area contributed by atoms with E-state index in [-0.39, 0.29) is 12.1 Å². The lowest BCUT2D eigenvalue weighted by Gasteiger charge is -2.23. The molecule has 0 saturated carbocycles. The van der Waals surface area contributed by atoms with Crippen molar-refractivity contribution in [2.24, 2.45) is 0 Å². The molecule has 2 aromatic rings. The molecule has 0 N–H and O–H groups in total. The lowest BCUT2D eigenvalue weighted by Crippen LogP contribution is -2.19. The zero-order chi connectivity index (χ0) is 16.9. The van der Waals surface area contributed by atoms with Crippen LogP contribution in [0, 0.1) is 0 Å². The van der Waals surface area contributed by atoms with Gasteiger partial charge in [-0.3, -0.25) is 4.79 Å². The number of hydrogen-bond donors (Lipinski definition) is 0. The van der Waals surface area contributed by atoms with Crippen LogP contribution in [0.15, 0.2) is 48.5 Å². The maximum Gasteiger partial charge on any atom is 0.311 e. The fourth-order valence-corrected chi connectivity index (χ4v) is 2.82. The maximum absolute atomic E-state index is 11.5. The molecule has 0 aromatic heterocycles. The van der Waals surface area contributed by atoms with E-state index in [2.05, 4.69) is 31.1 Å². The Morgan fingerprint density at radius 1 is 1.12 bits per heavy atom. The summed E-state index contributed by atoms with van der Waals surface area (Å²) in [5, 5.41) is 0. The molecule has 3 rings (SSSR count). The minimum atomic E-state index is -0.174. The van der Waals surface area contributed by atoms with Gasteiger partial charge in [0.2, 0.25) is 0 Å². The first kappa shape index (κ1) is 16.5. The van der Waals surface area contributed by atoms with Crippen molar-refractivity contribution in [3.8, 4) is 11.5 Å². The molecule has 4 heteroatoms. The van der Waals surface area contributed by atoms with Crippen LogP contribution in [0.5, 0.6) is 11.5 Å². The van der Waals surface area contributed by atoms with Crippen molar-refractivity contribution in [3.63, 3.8) is 0 Å². The molecular weight excluding hydrogens is 302 g/mol. The SMILES string of the molecule is CN(C)CCC(Oc1ccc2c(c1)OC(=O)CC2)c1ccccc1. The fraction of sp³-hybridized carbons (Fsp3) is 0.350. The highest BCUT2D eigenvalue weighted by Gasteiger charge is 2.19. The van der Waals surface area contributed by atoms with Gasteiger partial charge in [0.05, 0.1) is 6.42 Å². The third-order valence-corrected chi connectivity index (χ3v) is 4.15. The summed E-state index contributed by atoms with van der Waals surface area (Å²) in [5.41, 5.74) is 2.21. The Labute approximate surface area is 143 Å². The zero-order valence-corrected chi connectivity index (χ0v) is 14.2. The second-order valence-electron chi connectivity index (χ2n) is 6.35. The summed E-state index contributed by atoms with van der Waals surface area (Å²) in [6, 6.07) is 16.0. The summed E-state index contributed by atoms with van der Waals surface area (Å²) in [7, 11) is 4.11. The summed E-state index contributed by atoms with van der Waals surface area (Å²) in [6.07, 6.45) is 2.03. The largest absolute Gasteiger partial charge is 0.486 e. The summed E-state index contributed by atoms with van der Waals surface area (Å²) in [4.78, 5) is 13.6. The highest BCUT2D eigenvalue weighted by molar-refractivity contribution is 5.75. The highest BCUT2D eigenvalue weighted by atomic mass is 16.5. The van der Waals surface area contributed by atoms with E-state index in [0.29, 0.717) is 12.2 Å².